The van der Waals surface area contributed by atoms with Crippen LogP contribution in [0.2, 0.25) is 0 Å². The maximum absolute atomic E-state index is 12.5. The first-order valence-corrected chi connectivity index (χ1v) is 9.46. The number of para-hydroxylation sites is 1. The first kappa shape index (κ1) is 18.0. The van der Waals surface area contributed by atoms with Gasteiger partial charge in [0.1, 0.15) is 0 Å². The molecule has 1 N–H and O–H groups in total. The van der Waals surface area contributed by atoms with Crippen molar-refractivity contribution in [2.24, 2.45) is 0 Å². The lowest BCUT2D eigenvalue weighted by Crippen LogP contribution is -2.28. The number of rotatable bonds is 6. The molecule has 5 nitrogen and oxygen atoms in total. The van der Waals surface area contributed by atoms with E-state index in [0.29, 0.717) is 11.3 Å². The van der Waals surface area contributed by atoms with E-state index in [1.165, 1.54) is 11.4 Å². The molecule has 128 valence electrons. The van der Waals surface area contributed by atoms with Crippen molar-refractivity contribution in [3.63, 3.8) is 0 Å². The van der Waals surface area contributed by atoms with Crippen molar-refractivity contribution in [3.8, 4) is 0 Å². The van der Waals surface area contributed by atoms with Crippen molar-refractivity contribution < 1.29 is 13.2 Å². The molecule has 0 saturated heterocycles. The number of carbonyl (C=O) groups is 1. The first-order valence-electron chi connectivity index (χ1n) is 7.85. The third-order valence-corrected chi connectivity index (χ3v) is 5.68. The second kappa shape index (κ2) is 7.49. The van der Waals surface area contributed by atoms with Gasteiger partial charge in [-0.15, -0.1) is 0 Å². The Hall–Kier alpha value is -2.34. The Labute approximate surface area is 143 Å². The van der Waals surface area contributed by atoms with Gasteiger partial charge in [-0.25, -0.2) is 8.42 Å². The molecule has 0 atom stereocenters. The molecule has 6 heteroatoms. The minimum absolute atomic E-state index is 0.00377. The Morgan fingerprint density at radius 1 is 1.08 bits per heavy atom. The molecular formula is C18H22N2O3S. The maximum atomic E-state index is 12.5. The van der Waals surface area contributed by atoms with Crippen molar-refractivity contribution in [3.05, 3.63) is 59.7 Å². The van der Waals surface area contributed by atoms with Gasteiger partial charge in [0.05, 0.1) is 11.4 Å². The second-order valence-corrected chi connectivity index (χ2v) is 7.67. The van der Waals surface area contributed by atoms with Crippen LogP contribution in [0.5, 0.6) is 0 Å². The molecule has 0 radical (unpaired) electrons. The molecule has 0 aliphatic rings. The highest BCUT2D eigenvalue weighted by Gasteiger charge is 2.17. The zero-order valence-electron chi connectivity index (χ0n) is 14.1. The molecule has 0 fully saturated rings. The minimum atomic E-state index is -3.36. The summed E-state index contributed by atoms with van der Waals surface area (Å²) in [4.78, 5) is 12.5. The largest absolute Gasteiger partial charge is 0.322 e. The number of sulfonamides is 1. The van der Waals surface area contributed by atoms with Crippen LogP contribution in [-0.4, -0.2) is 27.1 Å². The van der Waals surface area contributed by atoms with Gasteiger partial charge in [0.15, 0.2) is 0 Å². The van der Waals surface area contributed by atoms with Crippen LogP contribution in [-0.2, 0) is 16.4 Å². The monoisotopic (exact) mass is 346 g/mol. The molecular weight excluding hydrogens is 324 g/mol. The number of anilines is 2. The van der Waals surface area contributed by atoms with Crippen LogP contribution in [0.3, 0.4) is 0 Å². The van der Waals surface area contributed by atoms with Gasteiger partial charge in [-0.3, -0.25) is 9.10 Å². The Bertz CT molecular complexity index is 832. The van der Waals surface area contributed by atoms with Gasteiger partial charge < -0.3 is 5.32 Å². The van der Waals surface area contributed by atoms with Crippen LogP contribution >= 0.6 is 0 Å². The van der Waals surface area contributed by atoms with E-state index in [2.05, 4.69) is 5.32 Å². The molecule has 0 aliphatic carbocycles. The van der Waals surface area contributed by atoms with Crippen LogP contribution in [0.4, 0.5) is 11.4 Å². The zero-order valence-corrected chi connectivity index (χ0v) is 14.9. The number of carbonyl (C=O) groups excluding carboxylic acids is 1. The van der Waals surface area contributed by atoms with Gasteiger partial charge in [0, 0.05) is 18.3 Å². The summed E-state index contributed by atoms with van der Waals surface area (Å²) in [5.74, 6) is -0.260. The van der Waals surface area contributed by atoms with Gasteiger partial charge in [-0.2, -0.15) is 0 Å². The van der Waals surface area contributed by atoms with E-state index in [-0.39, 0.29) is 11.7 Å². The van der Waals surface area contributed by atoms with Crippen molar-refractivity contribution in [1.82, 2.24) is 0 Å². The van der Waals surface area contributed by atoms with Crippen LogP contribution in [0.15, 0.2) is 48.5 Å². The van der Waals surface area contributed by atoms with E-state index in [4.69, 9.17) is 0 Å². The van der Waals surface area contributed by atoms with Crippen LogP contribution in [0.1, 0.15) is 29.8 Å². The summed E-state index contributed by atoms with van der Waals surface area (Å²) in [5, 5.41) is 2.89. The predicted octanol–water partition coefficient (Wildman–Crippen LogP) is 3.29. The third-order valence-electron chi connectivity index (χ3n) is 3.90. The summed E-state index contributed by atoms with van der Waals surface area (Å²) in [6.45, 7) is 3.61. The van der Waals surface area contributed by atoms with Crippen LogP contribution in [0.25, 0.3) is 0 Å². The van der Waals surface area contributed by atoms with Crippen LogP contribution in [0, 0.1) is 0 Å². The fourth-order valence-corrected chi connectivity index (χ4v) is 3.16. The Morgan fingerprint density at radius 2 is 1.79 bits per heavy atom. The molecule has 0 saturated carbocycles. The Balaban J connectivity index is 2.27. The average molecular weight is 346 g/mol. The molecule has 0 unspecified atom stereocenters. The predicted molar refractivity (Wildman–Crippen MR) is 98.1 cm³/mol. The van der Waals surface area contributed by atoms with Crippen molar-refractivity contribution >= 4 is 27.3 Å². The number of amides is 1. The number of nitrogens with one attached hydrogen (secondary N) is 1. The normalized spacial score (nSPS) is 11.1. The summed E-state index contributed by atoms with van der Waals surface area (Å²) in [5.41, 5.74) is 2.70. The lowest BCUT2D eigenvalue weighted by molar-refractivity contribution is 0.102. The molecule has 0 heterocycles. The van der Waals surface area contributed by atoms with Crippen molar-refractivity contribution in [1.29, 1.82) is 0 Å². The molecule has 0 bridgehead atoms. The van der Waals surface area contributed by atoms with E-state index < -0.39 is 10.0 Å². The molecule has 0 aliphatic heterocycles. The number of hydrogen-bond donors (Lipinski definition) is 1. The minimum Gasteiger partial charge on any atom is -0.322 e. The second-order valence-electron chi connectivity index (χ2n) is 5.38. The van der Waals surface area contributed by atoms with E-state index >= 15 is 0 Å². The van der Waals surface area contributed by atoms with Crippen LogP contribution < -0.4 is 9.62 Å². The molecule has 24 heavy (non-hydrogen) atoms. The quantitative estimate of drug-likeness (QED) is 0.873. The number of hydrogen-bond acceptors (Lipinski definition) is 3. The van der Waals surface area contributed by atoms with E-state index in [9.17, 15) is 13.2 Å². The molecule has 2 aromatic rings. The summed E-state index contributed by atoms with van der Waals surface area (Å²) < 4.78 is 25.2. The van der Waals surface area contributed by atoms with E-state index in [1.807, 2.05) is 31.2 Å². The highest BCUT2D eigenvalue weighted by molar-refractivity contribution is 7.92. The number of nitrogens with zero attached hydrogens (tertiary/aromatic N) is 1. The van der Waals surface area contributed by atoms with Crippen molar-refractivity contribution in [2.75, 3.05) is 22.4 Å². The fourth-order valence-electron chi connectivity index (χ4n) is 2.34. The average Bonchev–Trinajstić information content (AvgIpc) is 2.61. The summed E-state index contributed by atoms with van der Waals surface area (Å²) >= 11 is 0. The van der Waals surface area contributed by atoms with Gasteiger partial charge in [-0.1, -0.05) is 31.2 Å². The summed E-state index contributed by atoms with van der Waals surface area (Å²) in [7, 11) is -1.87. The maximum Gasteiger partial charge on any atom is 0.255 e. The molecule has 1 amide bonds. The summed E-state index contributed by atoms with van der Waals surface area (Å²) in [6.07, 6.45) is 0.813. The summed E-state index contributed by atoms with van der Waals surface area (Å²) in [6, 6.07) is 14.2. The highest BCUT2D eigenvalue weighted by Crippen LogP contribution is 2.20. The van der Waals surface area contributed by atoms with Gasteiger partial charge in [0.25, 0.3) is 5.91 Å². The molecule has 0 spiro atoms. The van der Waals surface area contributed by atoms with E-state index in [0.717, 1.165) is 17.7 Å². The number of benzene rings is 2. The number of aryl methyl sites for hydroxylation is 1. The molecule has 2 aromatic carbocycles. The highest BCUT2D eigenvalue weighted by atomic mass is 32.2. The van der Waals surface area contributed by atoms with Crippen molar-refractivity contribution in [2.45, 2.75) is 20.3 Å². The van der Waals surface area contributed by atoms with Gasteiger partial charge in [0.2, 0.25) is 10.0 Å². The van der Waals surface area contributed by atoms with Gasteiger partial charge >= 0.3 is 0 Å². The standard InChI is InChI=1S/C18H22N2O3S/c1-4-14-9-6-7-12-17(14)19-18(21)15-10-8-11-16(13-15)20(3)24(22,23)5-2/h6-13H,4-5H2,1-3H3,(H,19,21). The lowest BCUT2D eigenvalue weighted by atomic mass is 10.1. The SMILES string of the molecule is CCc1ccccc1NC(=O)c1cccc(N(C)S(=O)(=O)CC)c1. The van der Waals surface area contributed by atoms with E-state index in [1.54, 1.807) is 31.2 Å². The smallest absolute Gasteiger partial charge is 0.255 e. The topological polar surface area (TPSA) is 66.5 Å². The fraction of sp³-hybridized carbons (Fsp3) is 0.278. The molecule has 0 aromatic heterocycles. The Morgan fingerprint density at radius 3 is 2.46 bits per heavy atom. The zero-order chi connectivity index (χ0) is 17.7. The van der Waals surface area contributed by atoms with Gasteiger partial charge in [-0.05, 0) is 43.2 Å². The Kier molecular flexibility index (Phi) is 5.62. The third kappa shape index (κ3) is 3.94. The lowest BCUT2D eigenvalue weighted by Gasteiger charge is -2.19. The first-order chi connectivity index (χ1) is 11.4. The molecule has 2 rings (SSSR count).